The number of carbonyl (C=O) groups excluding carboxylic acids is 1. The van der Waals surface area contributed by atoms with Crippen LogP contribution >= 0.6 is 23.1 Å². The van der Waals surface area contributed by atoms with Gasteiger partial charge in [-0.1, -0.05) is 0 Å². The Bertz CT molecular complexity index is 379. The van der Waals surface area contributed by atoms with E-state index in [1.54, 1.807) is 17.1 Å². The second-order valence-electron chi connectivity index (χ2n) is 2.84. The molecular weight excluding hydrogens is 248 g/mol. The summed E-state index contributed by atoms with van der Waals surface area (Å²) in [5, 5.41) is 15.9. The van der Waals surface area contributed by atoms with E-state index in [0.717, 1.165) is 5.75 Å². The monoisotopic (exact) mass is 260 g/mol. The number of rotatable bonds is 5. The van der Waals surface area contributed by atoms with Gasteiger partial charge in [0.1, 0.15) is 5.00 Å². The molecule has 0 spiro atoms. The number of thiophene rings is 1. The maximum Gasteiger partial charge on any atom is 0.338 e. The number of nitrogens with one attached hydrogen (secondary N) is 2. The lowest BCUT2D eigenvalue weighted by Gasteiger charge is -2.05. The molecule has 3 N–H and O–H groups in total. The van der Waals surface area contributed by atoms with Gasteiger partial charge in [-0.25, -0.2) is 9.59 Å². The summed E-state index contributed by atoms with van der Waals surface area (Å²) in [5.41, 5.74) is 0.116. The summed E-state index contributed by atoms with van der Waals surface area (Å²) in [6.07, 6.45) is 1.95. The number of thioether (sulfide) groups is 1. The number of hydrogen-bond acceptors (Lipinski definition) is 4. The second kappa shape index (κ2) is 6.39. The van der Waals surface area contributed by atoms with Crippen LogP contribution in [0.25, 0.3) is 0 Å². The molecule has 1 rings (SSSR count). The van der Waals surface area contributed by atoms with E-state index >= 15 is 0 Å². The van der Waals surface area contributed by atoms with Crippen LogP contribution in [0.2, 0.25) is 0 Å². The lowest BCUT2D eigenvalue weighted by Crippen LogP contribution is -2.30. The predicted octanol–water partition coefficient (Wildman–Crippen LogP) is 1.93. The minimum Gasteiger partial charge on any atom is -0.478 e. The number of anilines is 1. The van der Waals surface area contributed by atoms with Crippen molar-refractivity contribution in [1.29, 1.82) is 0 Å². The Labute approximate surface area is 101 Å². The van der Waals surface area contributed by atoms with E-state index in [1.165, 1.54) is 17.4 Å². The number of hydrogen-bond donors (Lipinski definition) is 3. The fraction of sp³-hybridized carbons (Fsp3) is 0.333. The van der Waals surface area contributed by atoms with E-state index < -0.39 is 5.97 Å². The summed E-state index contributed by atoms with van der Waals surface area (Å²) in [5.74, 6) is -0.218. The van der Waals surface area contributed by atoms with Crippen molar-refractivity contribution in [2.45, 2.75) is 0 Å². The summed E-state index contributed by atoms with van der Waals surface area (Å²) >= 11 is 2.81. The van der Waals surface area contributed by atoms with E-state index in [1.807, 2.05) is 6.26 Å². The fourth-order valence-electron chi connectivity index (χ4n) is 0.988. The molecule has 7 heteroatoms. The van der Waals surface area contributed by atoms with Crippen LogP contribution in [0.5, 0.6) is 0 Å². The number of carboxylic acid groups (broad SMARTS) is 1. The van der Waals surface area contributed by atoms with Crippen molar-refractivity contribution >= 4 is 40.1 Å². The predicted molar refractivity (Wildman–Crippen MR) is 66.7 cm³/mol. The third kappa shape index (κ3) is 3.74. The first-order chi connectivity index (χ1) is 7.65. The highest BCUT2D eigenvalue weighted by atomic mass is 32.2. The topological polar surface area (TPSA) is 78.4 Å². The minimum atomic E-state index is -1.04. The summed E-state index contributed by atoms with van der Waals surface area (Å²) in [7, 11) is 0. The molecule has 0 radical (unpaired) electrons. The number of aromatic carboxylic acids is 1. The molecule has 16 heavy (non-hydrogen) atoms. The lowest BCUT2D eigenvalue weighted by molar-refractivity contribution is 0.0698. The van der Waals surface area contributed by atoms with Gasteiger partial charge in [0.2, 0.25) is 0 Å². The molecule has 88 valence electrons. The highest BCUT2D eigenvalue weighted by molar-refractivity contribution is 7.98. The maximum absolute atomic E-state index is 11.3. The molecule has 0 saturated heterocycles. The standard InChI is InChI=1S/C9H12N2O3S2/c1-15-5-3-10-9(14)11-7-6(8(12)13)2-4-16-7/h2,4H,3,5H2,1H3,(H,12,13)(H2,10,11,14). The van der Waals surface area contributed by atoms with Gasteiger partial charge in [-0.05, 0) is 17.7 Å². The molecule has 0 atom stereocenters. The second-order valence-corrected chi connectivity index (χ2v) is 4.74. The van der Waals surface area contributed by atoms with Gasteiger partial charge in [0.05, 0.1) is 5.56 Å². The number of carboxylic acids is 1. The average Bonchev–Trinajstić information content (AvgIpc) is 2.66. The van der Waals surface area contributed by atoms with Crippen LogP contribution < -0.4 is 10.6 Å². The van der Waals surface area contributed by atoms with E-state index in [-0.39, 0.29) is 11.6 Å². The molecule has 0 bridgehead atoms. The number of urea groups is 1. The molecule has 0 aromatic carbocycles. The first-order valence-electron chi connectivity index (χ1n) is 4.49. The van der Waals surface area contributed by atoms with Gasteiger partial charge >= 0.3 is 12.0 Å². The average molecular weight is 260 g/mol. The molecule has 2 amide bonds. The summed E-state index contributed by atoms with van der Waals surface area (Å²) < 4.78 is 0. The third-order valence-electron chi connectivity index (χ3n) is 1.71. The van der Waals surface area contributed by atoms with Gasteiger partial charge in [0.15, 0.2) is 0 Å². The molecule has 1 heterocycles. The SMILES string of the molecule is CSCCNC(=O)Nc1sccc1C(=O)O. The Morgan fingerprint density at radius 1 is 1.56 bits per heavy atom. The van der Waals surface area contributed by atoms with Crippen molar-refractivity contribution in [1.82, 2.24) is 5.32 Å². The van der Waals surface area contributed by atoms with Crippen LogP contribution in [0, 0.1) is 0 Å². The first kappa shape index (κ1) is 12.9. The Hall–Kier alpha value is -1.21. The van der Waals surface area contributed by atoms with Gasteiger partial charge in [-0.2, -0.15) is 11.8 Å². The van der Waals surface area contributed by atoms with Crippen molar-refractivity contribution in [3.63, 3.8) is 0 Å². The Morgan fingerprint density at radius 2 is 2.31 bits per heavy atom. The molecule has 5 nitrogen and oxygen atoms in total. The molecule has 0 aliphatic carbocycles. The van der Waals surface area contributed by atoms with Crippen LogP contribution in [-0.4, -0.2) is 35.7 Å². The van der Waals surface area contributed by atoms with Crippen molar-refractivity contribution in [2.75, 3.05) is 23.9 Å². The fourth-order valence-corrected chi connectivity index (χ4v) is 2.07. The largest absolute Gasteiger partial charge is 0.478 e. The summed E-state index contributed by atoms with van der Waals surface area (Å²) in [6.45, 7) is 0.556. The van der Waals surface area contributed by atoms with E-state index in [4.69, 9.17) is 5.11 Å². The Morgan fingerprint density at radius 3 is 2.94 bits per heavy atom. The molecular formula is C9H12N2O3S2. The molecule has 0 aliphatic rings. The van der Waals surface area contributed by atoms with Gasteiger partial charge in [0, 0.05) is 12.3 Å². The molecule has 1 aromatic rings. The maximum atomic E-state index is 11.3. The first-order valence-corrected chi connectivity index (χ1v) is 6.77. The van der Waals surface area contributed by atoms with Gasteiger partial charge in [-0.15, -0.1) is 11.3 Å². The van der Waals surface area contributed by atoms with Crippen molar-refractivity contribution in [3.8, 4) is 0 Å². The normalized spacial score (nSPS) is 9.81. The molecule has 1 aromatic heterocycles. The zero-order valence-corrected chi connectivity index (χ0v) is 10.3. The molecule has 0 saturated carbocycles. The lowest BCUT2D eigenvalue weighted by atomic mass is 10.3. The van der Waals surface area contributed by atoms with Crippen molar-refractivity contribution in [3.05, 3.63) is 17.0 Å². The van der Waals surface area contributed by atoms with Crippen LogP contribution in [0.3, 0.4) is 0 Å². The van der Waals surface area contributed by atoms with Gasteiger partial charge in [-0.3, -0.25) is 5.32 Å². The quantitative estimate of drug-likeness (QED) is 0.707. The Kier molecular flexibility index (Phi) is 5.13. The number of amides is 2. The highest BCUT2D eigenvalue weighted by Crippen LogP contribution is 2.22. The van der Waals surface area contributed by atoms with E-state index in [2.05, 4.69) is 10.6 Å². The highest BCUT2D eigenvalue weighted by Gasteiger charge is 2.13. The zero-order chi connectivity index (χ0) is 12.0. The summed E-state index contributed by atoms with van der Waals surface area (Å²) in [6, 6.07) is 1.09. The van der Waals surface area contributed by atoms with Crippen LogP contribution in [0.1, 0.15) is 10.4 Å². The molecule has 0 fully saturated rings. The van der Waals surface area contributed by atoms with Gasteiger partial charge in [0.25, 0.3) is 0 Å². The van der Waals surface area contributed by atoms with Crippen LogP contribution in [0.4, 0.5) is 9.80 Å². The minimum absolute atomic E-state index is 0.116. The Balaban J connectivity index is 2.49. The van der Waals surface area contributed by atoms with E-state index in [9.17, 15) is 9.59 Å². The third-order valence-corrected chi connectivity index (χ3v) is 3.16. The van der Waals surface area contributed by atoms with Crippen LogP contribution in [-0.2, 0) is 0 Å². The zero-order valence-electron chi connectivity index (χ0n) is 8.65. The summed E-state index contributed by atoms with van der Waals surface area (Å²) in [4.78, 5) is 22.1. The van der Waals surface area contributed by atoms with Crippen LogP contribution in [0.15, 0.2) is 11.4 Å². The smallest absolute Gasteiger partial charge is 0.338 e. The van der Waals surface area contributed by atoms with E-state index in [0.29, 0.717) is 11.5 Å². The molecule has 0 aliphatic heterocycles. The van der Waals surface area contributed by atoms with Crippen molar-refractivity contribution in [2.24, 2.45) is 0 Å². The van der Waals surface area contributed by atoms with Gasteiger partial charge < -0.3 is 10.4 Å². The number of carbonyl (C=O) groups is 2. The molecule has 0 unspecified atom stereocenters. The van der Waals surface area contributed by atoms with Crippen molar-refractivity contribution < 1.29 is 14.7 Å².